The Bertz CT molecular complexity index is 1010. The lowest BCUT2D eigenvalue weighted by Crippen LogP contribution is -2.51. The summed E-state index contributed by atoms with van der Waals surface area (Å²) in [6.45, 7) is 0.731. The maximum Gasteiger partial charge on any atom is 0.261 e. The van der Waals surface area contributed by atoms with Gasteiger partial charge in [0.1, 0.15) is 0 Å². The second-order valence-corrected chi connectivity index (χ2v) is 11.3. The molecule has 0 spiro atoms. The molecule has 0 aliphatic heterocycles. The molecule has 1 amide bonds. The second kappa shape index (κ2) is 7.41. The largest absolute Gasteiger partial charge is 0.351 e. The number of nitrogens with one attached hydrogen (secondary N) is 2. The van der Waals surface area contributed by atoms with Gasteiger partial charge in [-0.25, -0.2) is 8.42 Å². The van der Waals surface area contributed by atoms with E-state index in [1.165, 1.54) is 38.5 Å². The quantitative estimate of drug-likeness (QED) is 0.720. The van der Waals surface area contributed by atoms with Crippen molar-refractivity contribution in [3.05, 3.63) is 60.2 Å². The van der Waals surface area contributed by atoms with Crippen LogP contribution in [0.4, 0.5) is 5.69 Å². The van der Waals surface area contributed by atoms with Crippen molar-refractivity contribution in [2.45, 2.75) is 43.4 Å². The molecule has 5 nitrogen and oxygen atoms in total. The van der Waals surface area contributed by atoms with Crippen LogP contribution in [-0.4, -0.2) is 20.9 Å². The van der Waals surface area contributed by atoms with Crippen LogP contribution in [0, 0.1) is 23.2 Å². The normalized spacial score (nSPS) is 29.5. The van der Waals surface area contributed by atoms with Crippen LogP contribution in [0.15, 0.2) is 59.5 Å². The van der Waals surface area contributed by atoms with E-state index < -0.39 is 10.0 Å². The predicted octanol–water partition coefficient (Wildman–Crippen LogP) is 4.43. The molecule has 0 atom stereocenters. The molecule has 4 bridgehead atoms. The maximum absolute atomic E-state index is 12.8. The number of hydrogen-bond donors (Lipinski definition) is 2. The zero-order valence-corrected chi connectivity index (χ0v) is 17.8. The smallest absolute Gasteiger partial charge is 0.261 e. The van der Waals surface area contributed by atoms with Gasteiger partial charge >= 0.3 is 0 Å². The number of hydrogen-bond acceptors (Lipinski definition) is 3. The molecule has 4 aliphatic rings. The minimum atomic E-state index is -3.68. The summed E-state index contributed by atoms with van der Waals surface area (Å²) < 4.78 is 27.7. The Morgan fingerprint density at radius 3 is 2.17 bits per heavy atom. The molecule has 2 N–H and O–H groups in total. The van der Waals surface area contributed by atoms with E-state index in [4.69, 9.17) is 0 Å². The average molecular weight is 425 g/mol. The second-order valence-electron chi connectivity index (χ2n) is 9.60. The lowest BCUT2D eigenvalue weighted by atomic mass is 9.49. The fraction of sp³-hybridized carbons (Fsp3) is 0.458. The van der Waals surface area contributed by atoms with Gasteiger partial charge in [0.15, 0.2) is 0 Å². The molecule has 6 heteroatoms. The molecule has 158 valence electrons. The number of sulfonamides is 1. The van der Waals surface area contributed by atoms with Crippen molar-refractivity contribution in [1.29, 1.82) is 0 Å². The van der Waals surface area contributed by atoms with Crippen molar-refractivity contribution in [3.63, 3.8) is 0 Å². The highest BCUT2D eigenvalue weighted by atomic mass is 32.2. The van der Waals surface area contributed by atoms with Crippen LogP contribution >= 0.6 is 0 Å². The minimum absolute atomic E-state index is 0.133. The van der Waals surface area contributed by atoms with Crippen molar-refractivity contribution in [2.24, 2.45) is 23.2 Å². The molecule has 0 heterocycles. The Labute approximate surface area is 178 Å². The SMILES string of the molecule is O=C(NCC12CC3CC(CC(C3)C1)C2)c1cccc(NS(=O)(=O)c2ccccc2)c1. The van der Waals surface area contributed by atoms with E-state index >= 15 is 0 Å². The first-order chi connectivity index (χ1) is 14.4. The van der Waals surface area contributed by atoms with Crippen molar-refractivity contribution in [1.82, 2.24) is 5.32 Å². The fourth-order valence-corrected chi connectivity index (χ4v) is 7.48. The Balaban J connectivity index is 1.26. The van der Waals surface area contributed by atoms with Crippen LogP contribution in [0.25, 0.3) is 0 Å². The number of benzene rings is 2. The lowest BCUT2D eigenvalue weighted by Gasteiger charge is -2.56. The molecule has 4 fully saturated rings. The Kier molecular flexibility index (Phi) is 4.85. The highest BCUT2D eigenvalue weighted by Crippen LogP contribution is 2.59. The van der Waals surface area contributed by atoms with Crippen molar-refractivity contribution < 1.29 is 13.2 Å². The third-order valence-electron chi connectivity index (χ3n) is 7.22. The van der Waals surface area contributed by atoms with Crippen molar-refractivity contribution in [2.75, 3.05) is 11.3 Å². The average Bonchev–Trinajstić information content (AvgIpc) is 2.72. The number of carbonyl (C=O) groups is 1. The molecule has 0 aromatic heterocycles. The summed E-state index contributed by atoms with van der Waals surface area (Å²) in [6.07, 6.45) is 7.90. The van der Waals surface area contributed by atoms with Crippen LogP contribution in [0.3, 0.4) is 0 Å². The van der Waals surface area contributed by atoms with Crippen molar-refractivity contribution >= 4 is 21.6 Å². The Morgan fingerprint density at radius 2 is 1.53 bits per heavy atom. The number of amides is 1. The summed E-state index contributed by atoms with van der Waals surface area (Å²) in [7, 11) is -3.68. The molecule has 2 aromatic rings. The Hall–Kier alpha value is -2.34. The van der Waals surface area contributed by atoms with Gasteiger partial charge in [0, 0.05) is 17.8 Å². The predicted molar refractivity (Wildman–Crippen MR) is 117 cm³/mol. The summed E-state index contributed by atoms with van der Waals surface area (Å²) in [6, 6.07) is 14.9. The third-order valence-corrected chi connectivity index (χ3v) is 8.62. The van der Waals surface area contributed by atoms with E-state index in [0.29, 0.717) is 11.3 Å². The fourth-order valence-electron chi connectivity index (χ4n) is 6.41. The number of rotatable bonds is 6. The highest BCUT2D eigenvalue weighted by Gasteiger charge is 2.50. The van der Waals surface area contributed by atoms with E-state index in [2.05, 4.69) is 10.0 Å². The summed E-state index contributed by atoms with van der Waals surface area (Å²) in [4.78, 5) is 13.0. The minimum Gasteiger partial charge on any atom is -0.351 e. The van der Waals surface area contributed by atoms with Crippen LogP contribution in [-0.2, 0) is 10.0 Å². The van der Waals surface area contributed by atoms with Gasteiger partial charge in [0.05, 0.1) is 4.90 Å². The van der Waals surface area contributed by atoms with Crippen LogP contribution in [0.2, 0.25) is 0 Å². The Morgan fingerprint density at radius 1 is 0.900 bits per heavy atom. The topological polar surface area (TPSA) is 75.3 Å². The first-order valence-corrected chi connectivity index (χ1v) is 12.4. The molecule has 4 saturated carbocycles. The van der Waals surface area contributed by atoms with Gasteiger partial charge in [-0.1, -0.05) is 24.3 Å². The monoisotopic (exact) mass is 424 g/mol. The van der Waals surface area contributed by atoms with E-state index in [1.54, 1.807) is 54.6 Å². The molecule has 0 radical (unpaired) electrons. The summed E-state index contributed by atoms with van der Waals surface area (Å²) in [5.41, 5.74) is 1.14. The van der Waals surface area contributed by atoms with E-state index in [-0.39, 0.29) is 16.2 Å². The van der Waals surface area contributed by atoms with Gasteiger partial charge in [0.25, 0.3) is 15.9 Å². The van der Waals surface area contributed by atoms with E-state index in [9.17, 15) is 13.2 Å². The molecular weight excluding hydrogens is 396 g/mol. The molecule has 0 unspecified atom stereocenters. The van der Waals surface area contributed by atoms with Gasteiger partial charge in [-0.15, -0.1) is 0 Å². The number of carbonyl (C=O) groups excluding carboxylic acids is 1. The van der Waals surface area contributed by atoms with E-state index in [0.717, 1.165) is 24.3 Å². The highest BCUT2D eigenvalue weighted by molar-refractivity contribution is 7.92. The van der Waals surface area contributed by atoms with Crippen molar-refractivity contribution in [3.8, 4) is 0 Å². The standard InChI is InChI=1S/C24H28N2O3S/c27-23(25-16-24-13-17-9-18(14-24)11-19(10-17)15-24)20-5-4-6-21(12-20)26-30(28,29)22-7-2-1-3-8-22/h1-8,12,17-19,26H,9-11,13-16H2,(H,25,27). The maximum atomic E-state index is 12.8. The van der Waals surface area contributed by atoms with Gasteiger partial charge in [-0.2, -0.15) is 0 Å². The summed E-state index contributed by atoms with van der Waals surface area (Å²) in [5, 5.41) is 3.16. The molecule has 6 rings (SSSR count). The van der Waals surface area contributed by atoms with Gasteiger partial charge in [-0.05, 0) is 92.0 Å². The number of anilines is 1. The van der Waals surface area contributed by atoms with Crippen LogP contribution in [0.1, 0.15) is 48.9 Å². The zero-order valence-electron chi connectivity index (χ0n) is 17.0. The lowest BCUT2D eigenvalue weighted by molar-refractivity contribution is -0.0503. The molecule has 30 heavy (non-hydrogen) atoms. The van der Waals surface area contributed by atoms with Crippen LogP contribution in [0.5, 0.6) is 0 Å². The van der Waals surface area contributed by atoms with Gasteiger partial charge in [0.2, 0.25) is 0 Å². The first-order valence-electron chi connectivity index (χ1n) is 10.9. The molecule has 0 saturated heterocycles. The third kappa shape index (κ3) is 3.85. The summed E-state index contributed by atoms with van der Waals surface area (Å²) in [5.74, 6) is 2.42. The zero-order chi connectivity index (χ0) is 20.8. The van der Waals surface area contributed by atoms with Gasteiger partial charge < -0.3 is 5.32 Å². The molecule has 4 aliphatic carbocycles. The summed E-state index contributed by atoms with van der Waals surface area (Å²) >= 11 is 0. The van der Waals surface area contributed by atoms with E-state index in [1.807, 2.05) is 0 Å². The first kappa shape index (κ1) is 19.6. The van der Waals surface area contributed by atoms with Crippen LogP contribution < -0.4 is 10.0 Å². The molecular formula is C24H28N2O3S. The molecule has 2 aromatic carbocycles. The van der Waals surface area contributed by atoms with Gasteiger partial charge in [-0.3, -0.25) is 9.52 Å².